The molecule has 4 N–H and O–H groups in total. The van der Waals surface area contributed by atoms with Gasteiger partial charge < -0.3 is 90.3 Å². The average Bonchev–Trinajstić information content (AvgIpc) is 3.23. The van der Waals surface area contributed by atoms with Crippen LogP contribution in [0.5, 0.6) is 0 Å². The molecule has 1 aliphatic heterocycles. The number of fused-ring (bicyclic) bond motifs is 4. The van der Waals surface area contributed by atoms with Crippen molar-refractivity contribution in [3.05, 3.63) is 59.2 Å². The molecule has 0 unspecified atom stereocenters. The van der Waals surface area contributed by atoms with Gasteiger partial charge in [0.1, 0.15) is 0 Å². The van der Waals surface area contributed by atoms with Gasteiger partial charge in [0.2, 0.25) is 0 Å². The Bertz CT molecular complexity index is 1560. The van der Waals surface area contributed by atoms with E-state index in [0.29, 0.717) is 0 Å². The van der Waals surface area contributed by atoms with Gasteiger partial charge in [0.25, 0.3) is 0 Å². The topological polar surface area (TPSA) is 264 Å². The van der Waals surface area contributed by atoms with Gasteiger partial charge in [-0.2, -0.15) is 65.6 Å². The zero-order chi connectivity index (χ0) is 60.4. The van der Waals surface area contributed by atoms with Crippen molar-refractivity contribution in [3.63, 3.8) is 0 Å². The van der Waals surface area contributed by atoms with Gasteiger partial charge in [-0.25, -0.2) is 0 Å². The minimum atomic E-state index is -6.00. The Labute approximate surface area is 464 Å². The quantitative estimate of drug-likeness (QED) is 0.141. The summed E-state index contributed by atoms with van der Waals surface area (Å²) >= 11 is 3.95. The fourth-order valence-corrected chi connectivity index (χ4v) is 4.66. The summed E-state index contributed by atoms with van der Waals surface area (Å²) in [5.74, 6) is 4.44. The molecule has 3 heterocycles. The SMILES string of the molecule is CC#N.CC#N.CC#N.CC#N.CC#N.CC#N.CC#N.CC#N.F[B-](F)(F)F.F[B-](F)(F)F.F[B-](F)(F)F.F[B-](F)(F)F.[Ni+2].[Ni+2].c1cc2nc(c1)CNCCSCCNCc1cccc(n1)CNCCSCCNC2. The Kier molecular flexibility index (Phi) is 103. The second-order valence-electron chi connectivity index (χ2n) is 10.9. The fourth-order valence-electron chi connectivity index (χ4n) is 3.10. The fraction of sp³-hybridized carbons (Fsp3) is 0.526. The standard InChI is InChI=1S/C22H34N6S2.8C2H3N.4BF4.2Ni/c1-3-19-15-23-7-11-29-13-9-25-17-21-5-2-6-22(28-21)18-26-10-14-30-12-8-24-16-20(4-1)27-19;8*1-2-3;4*2-1(3,4)5;;/h1-6,23-26H,7-18H2;8*1H3;;;;;;/q;;;;;;;;;4*-1;2*+2. The molecule has 0 atom stereocenters. The number of hydrogen-bond donors (Lipinski definition) is 4. The van der Waals surface area contributed by atoms with Crippen LogP contribution in [0.4, 0.5) is 69.1 Å². The molecule has 0 saturated heterocycles. The van der Waals surface area contributed by atoms with Gasteiger partial charge in [0.05, 0.1) is 71.3 Å². The smallest absolute Gasteiger partial charge is 0.418 e. The molecule has 76 heavy (non-hydrogen) atoms. The van der Waals surface area contributed by atoms with Gasteiger partial charge in [-0.1, -0.05) is 12.1 Å². The molecule has 4 bridgehead atoms. The number of pyridine rings is 2. The molecule has 1 aliphatic rings. The van der Waals surface area contributed by atoms with E-state index in [0.717, 1.165) is 98.1 Å². The van der Waals surface area contributed by atoms with E-state index in [-0.39, 0.29) is 33.0 Å². The summed E-state index contributed by atoms with van der Waals surface area (Å²) in [7, 11) is -24.0. The van der Waals surface area contributed by atoms with Crippen LogP contribution >= 0.6 is 23.5 Å². The minimum absolute atomic E-state index is 0. The summed E-state index contributed by atoms with van der Waals surface area (Å²) in [6, 6.07) is 26.6. The summed E-state index contributed by atoms with van der Waals surface area (Å²) in [6.45, 7) is 18.8. The number of nitriles is 8. The first-order chi connectivity index (χ1) is 34.2. The Hall–Kier alpha value is -5.11. The maximum Gasteiger partial charge on any atom is 2.00 e. The van der Waals surface area contributed by atoms with Crippen molar-refractivity contribution >= 4 is 52.5 Å². The van der Waals surface area contributed by atoms with E-state index in [9.17, 15) is 69.1 Å². The number of hydrogen-bond acceptors (Lipinski definition) is 16. The Balaban J connectivity index is -0.0000000730. The third-order valence-electron chi connectivity index (χ3n) is 4.65. The molecule has 14 nitrogen and oxygen atoms in total. The van der Waals surface area contributed by atoms with Crippen LogP contribution in [0.25, 0.3) is 0 Å². The second kappa shape index (κ2) is 78.8. The van der Waals surface area contributed by atoms with Crippen molar-refractivity contribution in [2.75, 3.05) is 49.2 Å². The van der Waals surface area contributed by atoms with Crippen molar-refractivity contribution in [3.8, 4) is 48.6 Å². The van der Waals surface area contributed by atoms with Gasteiger partial charge in [-0.05, 0) is 24.3 Å². The van der Waals surface area contributed by atoms with Crippen molar-refractivity contribution in [1.29, 1.82) is 42.1 Å². The van der Waals surface area contributed by atoms with Crippen molar-refractivity contribution in [2.45, 2.75) is 81.6 Å². The molecule has 0 saturated carbocycles. The summed E-state index contributed by atoms with van der Waals surface area (Å²) in [4.78, 5) is 9.50. The third-order valence-corrected chi connectivity index (χ3v) is 6.62. The molecule has 0 radical (unpaired) electrons. The van der Waals surface area contributed by atoms with Gasteiger partial charge in [-0.3, -0.25) is 9.97 Å². The predicted octanol–water partition coefficient (Wildman–Crippen LogP) is 11.4. The molecule has 3 rings (SSSR count). The maximum atomic E-state index is 9.75. The van der Waals surface area contributed by atoms with Gasteiger partial charge in [0.15, 0.2) is 0 Å². The minimum Gasteiger partial charge on any atom is -0.418 e. The van der Waals surface area contributed by atoms with Crippen LogP contribution in [0.1, 0.15) is 78.2 Å². The van der Waals surface area contributed by atoms with Crippen LogP contribution in [0.15, 0.2) is 36.4 Å². The molecular formula is C38H58B4F16N14Ni2S2. The summed E-state index contributed by atoms with van der Waals surface area (Å²) in [5.41, 5.74) is 4.47. The first-order valence-corrected chi connectivity index (χ1v) is 22.4. The van der Waals surface area contributed by atoms with E-state index in [1.165, 1.54) is 55.4 Å². The molecule has 0 amide bonds. The van der Waals surface area contributed by atoms with Crippen molar-refractivity contribution in [1.82, 2.24) is 31.2 Å². The Morgan fingerprint density at radius 3 is 0.579 bits per heavy atom. The van der Waals surface area contributed by atoms with Gasteiger partial charge >= 0.3 is 62.0 Å². The summed E-state index contributed by atoms with van der Waals surface area (Å²) in [6.07, 6.45) is 0. The van der Waals surface area contributed by atoms with Crippen LogP contribution in [0.3, 0.4) is 0 Å². The van der Waals surface area contributed by atoms with Crippen LogP contribution < -0.4 is 21.3 Å². The van der Waals surface area contributed by atoms with E-state index in [1.54, 1.807) is 48.6 Å². The van der Waals surface area contributed by atoms with Crippen molar-refractivity contribution < 1.29 is 102 Å². The average molecular weight is 1240 g/mol. The number of aromatic nitrogens is 2. The molecular weight excluding hydrogens is 1180 g/mol. The molecule has 38 heteroatoms. The van der Waals surface area contributed by atoms with E-state index >= 15 is 0 Å². The first-order valence-electron chi connectivity index (χ1n) is 20.1. The number of nitrogens with zero attached hydrogens (tertiary/aromatic N) is 10. The van der Waals surface area contributed by atoms with E-state index < -0.39 is 29.0 Å². The third kappa shape index (κ3) is 210. The summed E-state index contributed by atoms with van der Waals surface area (Å²) < 4.78 is 156. The number of nitrogens with one attached hydrogen (secondary N) is 4. The van der Waals surface area contributed by atoms with Crippen LogP contribution in [-0.2, 0) is 59.2 Å². The Morgan fingerprint density at radius 2 is 0.461 bits per heavy atom. The summed E-state index contributed by atoms with van der Waals surface area (Å²) in [5, 5.41) is 72.6. The largest absolute Gasteiger partial charge is 2.00 e. The van der Waals surface area contributed by atoms with Gasteiger partial charge in [-0.15, -0.1) is 0 Å². The zero-order valence-corrected chi connectivity index (χ0v) is 45.8. The maximum absolute atomic E-state index is 9.75. The van der Waals surface area contributed by atoms with E-state index in [2.05, 4.69) is 57.7 Å². The van der Waals surface area contributed by atoms with Crippen LogP contribution in [-0.4, -0.2) is 88.2 Å². The van der Waals surface area contributed by atoms with Crippen molar-refractivity contribution in [2.24, 2.45) is 0 Å². The number of rotatable bonds is 0. The molecule has 0 spiro atoms. The van der Waals surface area contributed by atoms with Crippen LogP contribution in [0.2, 0.25) is 0 Å². The molecule has 2 aromatic rings. The molecule has 0 aliphatic carbocycles. The monoisotopic (exact) mass is 1240 g/mol. The van der Waals surface area contributed by atoms with E-state index in [4.69, 9.17) is 52.1 Å². The normalized spacial score (nSPS) is 11.5. The molecule has 436 valence electrons. The zero-order valence-electron chi connectivity index (χ0n) is 42.2. The Morgan fingerprint density at radius 1 is 0.342 bits per heavy atom. The molecule has 2 aromatic heterocycles. The molecule has 0 aromatic carbocycles. The van der Waals surface area contributed by atoms with E-state index in [1.807, 2.05) is 23.5 Å². The predicted molar refractivity (Wildman–Crippen MR) is 261 cm³/mol. The van der Waals surface area contributed by atoms with Gasteiger partial charge in [0, 0.05) is 131 Å². The first kappa shape index (κ1) is 99.8. The second-order valence-corrected chi connectivity index (χ2v) is 13.4. The molecule has 0 fully saturated rings. The van der Waals surface area contributed by atoms with Crippen LogP contribution in [0, 0.1) is 90.6 Å². The number of thioether (sulfide) groups is 2. The number of halogens is 16.